The lowest BCUT2D eigenvalue weighted by molar-refractivity contribution is 0.187. The van der Waals surface area contributed by atoms with E-state index >= 15 is 0 Å². The Morgan fingerprint density at radius 2 is 2.27 bits per heavy atom. The molecule has 0 saturated carbocycles. The van der Waals surface area contributed by atoms with Crippen LogP contribution in [-0.4, -0.2) is 29.7 Å². The highest BCUT2D eigenvalue weighted by Gasteiger charge is 2.20. The minimum atomic E-state index is -0.538. The maximum Gasteiger partial charge on any atom is 0.411 e. The Morgan fingerprint density at radius 3 is 3.04 bits per heavy atom. The molecule has 5 N–H and O–H groups in total. The Bertz CT molecular complexity index is 839. The highest BCUT2D eigenvalue weighted by molar-refractivity contribution is 5.88. The molecule has 8 heteroatoms. The van der Waals surface area contributed by atoms with E-state index in [2.05, 4.69) is 31.4 Å². The number of H-pyrrole nitrogens is 1. The Kier molecular flexibility index (Phi) is 5.39. The molecular weight excluding hydrogens is 332 g/mol. The number of amides is 1. The third kappa shape index (κ3) is 3.78. The van der Waals surface area contributed by atoms with Crippen molar-refractivity contribution in [1.82, 2.24) is 9.97 Å². The fourth-order valence-corrected chi connectivity index (χ4v) is 3.01. The lowest BCUT2D eigenvalue weighted by atomic mass is 10.1. The number of aromatic nitrogens is 2. The molecule has 0 saturated heterocycles. The first-order valence-electron chi connectivity index (χ1n) is 8.61. The summed E-state index contributed by atoms with van der Waals surface area (Å²) in [6, 6.07) is 7.33. The lowest BCUT2D eigenvalue weighted by Gasteiger charge is -2.15. The van der Waals surface area contributed by atoms with Gasteiger partial charge in [0.2, 0.25) is 0 Å². The monoisotopic (exact) mass is 354 g/mol. The van der Waals surface area contributed by atoms with E-state index in [0.29, 0.717) is 22.9 Å². The Labute approximate surface area is 151 Å². The van der Waals surface area contributed by atoms with Gasteiger partial charge in [0.05, 0.1) is 13.2 Å². The van der Waals surface area contributed by atoms with Gasteiger partial charge < -0.3 is 20.8 Å². The number of carbonyl (C=O) groups excluding carboxylic acids is 1. The van der Waals surface area contributed by atoms with Crippen LogP contribution in [0.3, 0.4) is 0 Å². The SMILES string of the molecule is COC(=O)Nc1ccc2c(c1)NCCCCCC(N)c1nc-2c(C#N)[nH]1. The molecule has 2 aromatic rings. The average molecular weight is 354 g/mol. The van der Waals surface area contributed by atoms with Gasteiger partial charge in [-0.05, 0) is 31.0 Å². The first kappa shape index (κ1) is 17.8. The van der Waals surface area contributed by atoms with E-state index in [1.807, 2.05) is 12.1 Å². The largest absolute Gasteiger partial charge is 0.453 e. The number of nitrogens with two attached hydrogens (primary N) is 1. The molecule has 26 heavy (non-hydrogen) atoms. The Balaban J connectivity index is 2.06. The minimum absolute atomic E-state index is 0.216. The van der Waals surface area contributed by atoms with E-state index < -0.39 is 6.09 Å². The van der Waals surface area contributed by atoms with Crippen LogP contribution in [-0.2, 0) is 4.74 Å². The van der Waals surface area contributed by atoms with E-state index in [1.54, 1.807) is 6.07 Å². The summed E-state index contributed by atoms with van der Waals surface area (Å²) in [7, 11) is 1.31. The third-order valence-electron chi connectivity index (χ3n) is 4.40. The highest BCUT2D eigenvalue weighted by atomic mass is 16.5. The van der Waals surface area contributed by atoms with Crippen molar-refractivity contribution in [2.45, 2.75) is 31.7 Å². The molecule has 1 amide bonds. The summed E-state index contributed by atoms with van der Waals surface area (Å²) >= 11 is 0. The van der Waals surface area contributed by atoms with Crippen molar-refractivity contribution in [1.29, 1.82) is 5.26 Å². The van der Waals surface area contributed by atoms with Gasteiger partial charge in [0.15, 0.2) is 0 Å². The van der Waals surface area contributed by atoms with Gasteiger partial charge in [-0.15, -0.1) is 0 Å². The Hall–Kier alpha value is -3.05. The van der Waals surface area contributed by atoms with Crippen LogP contribution in [0.4, 0.5) is 16.2 Å². The van der Waals surface area contributed by atoms with Crippen LogP contribution < -0.4 is 16.4 Å². The van der Waals surface area contributed by atoms with Gasteiger partial charge in [-0.25, -0.2) is 9.78 Å². The van der Waals surface area contributed by atoms with E-state index in [-0.39, 0.29) is 6.04 Å². The molecule has 0 radical (unpaired) electrons. The second kappa shape index (κ2) is 7.89. The number of ether oxygens (including phenoxy) is 1. The van der Waals surface area contributed by atoms with Gasteiger partial charge in [0.25, 0.3) is 0 Å². The number of rotatable bonds is 1. The maximum absolute atomic E-state index is 11.5. The summed E-state index contributed by atoms with van der Waals surface area (Å²) < 4.78 is 4.64. The van der Waals surface area contributed by atoms with Crippen molar-refractivity contribution >= 4 is 17.5 Å². The molecule has 1 unspecified atom stereocenters. The second-order valence-electron chi connectivity index (χ2n) is 6.22. The summed E-state index contributed by atoms with van der Waals surface area (Å²) in [4.78, 5) is 19.1. The van der Waals surface area contributed by atoms with Crippen LogP contribution in [0.5, 0.6) is 0 Å². The van der Waals surface area contributed by atoms with Crippen molar-refractivity contribution in [2.24, 2.45) is 5.73 Å². The van der Waals surface area contributed by atoms with Crippen molar-refractivity contribution in [3.8, 4) is 17.3 Å². The molecule has 1 aliphatic rings. The molecule has 0 fully saturated rings. The zero-order valence-electron chi connectivity index (χ0n) is 14.6. The highest BCUT2D eigenvalue weighted by Crippen LogP contribution is 2.33. The maximum atomic E-state index is 11.5. The molecule has 1 aliphatic heterocycles. The standard InChI is InChI=1S/C18H22N6O2/c1-26-18(25)22-11-6-7-12-14(9-11)21-8-4-2-3-5-13(20)17-23-15(10-19)16(12)24-17/h6-7,9,13,21H,2-5,8,20H2,1H3,(H,22,25)(H,23,24). The summed E-state index contributed by atoms with van der Waals surface area (Å²) in [5, 5.41) is 15.5. The van der Waals surface area contributed by atoms with Crippen molar-refractivity contribution < 1.29 is 9.53 Å². The van der Waals surface area contributed by atoms with Crippen LogP contribution in [0.1, 0.15) is 43.2 Å². The number of hydrogen-bond donors (Lipinski definition) is 4. The van der Waals surface area contributed by atoms with Crippen LogP contribution >= 0.6 is 0 Å². The molecule has 2 heterocycles. The van der Waals surface area contributed by atoms with Crippen molar-refractivity contribution in [3.05, 3.63) is 29.7 Å². The van der Waals surface area contributed by atoms with Crippen LogP contribution in [0.2, 0.25) is 0 Å². The molecule has 3 rings (SSSR count). The molecule has 1 aromatic carbocycles. The first-order chi connectivity index (χ1) is 12.6. The van der Waals surface area contributed by atoms with Crippen molar-refractivity contribution in [3.63, 3.8) is 0 Å². The van der Waals surface area contributed by atoms with E-state index in [9.17, 15) is 10.1 Å². The van der Waals surface area contributed by atoms with Crippen LogP contribution in [0, 0.1) is 11.3 Å². The van der Waals surface area contributed by atoms with Gasteiger partial charge in [-0.3, -0.25) is 5.32 Å². The number of anilines is 2. The number of nitrogens with zero attached hydrogens (tertiary/aromatic N) is 2. The summed E-state index contributed by atoms with van der Waals surface area (Å²) in [6.45, 7) is 0.781. The third-order valence-corrected chi connectivity index (χ3v) is 4.40. The van der Waals surface area contributed by atoms with E-state index in [1.165, 1.54) is 7.11 Å². The number of nitrogens with one attached hydrogen (secondary N) is 3. The number of aromatic amines is 1. The normalized spacial score (nSPS) is 16.9. The summed E-state index contributed by atoms with van der Waals surface area (Å²) in [6.07, 6.45) is 3.34. The summed E-state index contributed by atoms with van der Waals surface area (Å²) in [5.74, 6) is 0.625. The fourth-order valence-electron chi connectivity index (χ4n) is 3.01. The van der Waals surface area contributed by atoms with Gasteiger partial charge in [-0.2, -0.15) is 5.26 Å². The molecule has 1 atom stereocenters. The lowest BCUT2D eigenvalue weighted by Crippen LogP contribution is -2.13. The van der Waals surface area contributed by atoms with Crippen molar-refractivity contribution in [2.75, 3.05) is 24.3 Å². The van der Waals surface area contributed by atoms with E-state index in [0.717, 1.165) is 43.5 Å². The smallest absolute Gasteiger partial charge is 0.411 e. The van der Waals surface area contributed by atoms with Crippen LogP contribution in [0.25, 0.3) is 11.3 Å². The molecule has 0 spiro atoms. The molecule has 2 bridgehead atoms. The molecule has 1 aromatic heterocycles. The molecular formula is C18H22N6O2. The predicted molar refractivity (Wildman–Crippen MR) is 98.7 cm³/mol. The van der Waals surface area contributed by atoms with Crippen LogP contribution in [0.15, 0.2) is 18.2 Å². The molecule has 136 valence electrons. The number of benzene rings is 1. The summed E-state index contributed by atoms with van der Waals surface area (Å²) in [5.41, 5.74) is 9.34. The number of nitriles is 1. The Morgan fingerprint density at radius 1 is 1.42 bits per heavy atom. The second-order valence-corrected chi connectivity index (χ2v) is 6.22. The van der Waals surface area contributed by atoms with Gasteiger partial charge in [0.1, 0.15) is 23.3 Å². The van der Waals surface area contributed by atoms with Gasteiger partial charge in [0, 0.05) is 23.5 Å². The first-order valence-corrected chi connectivity index (χ1v) is 8.61. The zero-order chi connectivity index (χ0) is 18.5. The van der Waals surface area contributed by atoms with Gasteiger partial charge in [-0.1, -0.05) is 12.8 Å². The zero-order valence-corrected chi connectivity index (χ0v) is 14.6. The molecule has 8 nitrogen and oxygen atoms in total. The number of carbonyl (C=O) groups is 1. The number of hydrogen-bond acceptors (Lipinski definition) is 6. The van der Waals surface area contributed by atoms with Gasteiger partial charge >= 0.3 is 6.09 Å². The van der Waals surface area contributed by atoms with E-state index in [4.69, 9.17) is 5.73 Å². The molecule has 0 aliphatic carbocycles. The quantitative estimate of drug-likeness (QED) is 0.623. The topological polar surface area (TPSA) is 129 Å². The number of imidazole rings is 1. The predicted octanol–water partition coefficient (Wildman–Crippen LogP) is 3.11. The number of methoxy groups -OCH3 is 1. The number of fused-ring (bicyclic) bond motifs is 4. The fraction of sp³-hybridized carbons (Fsp3) is 0.389. The minimum Gasteiger partial charge on any atom is -0.453 e. The average Bonchev–Trinajstić information content (AvgIpc) is 3.08.